The van der Waals surface area contributed by atoms with Crippen LogP contribution in [0.1, 0.15) is 34.3 Å². The maximum Gasteiger partial charge on any atom is 0.123 e. The highest BCUT2D eigenvalue weighted by molar-refractivity contribution is 7.12. The van der Waals surface area contributed by atoms with Gasteiger partial charge >= 0.3 is 0 Å². The molecular formula is C18H20ClNO2S. The van der Waals surface area contributed by atoms with Crippen molar-refractivity contribution >= 4 is 22.9 Å². The van der Waals surface area contributed by atoms with Gasteiger partial charge in [0.2, 0.25) is 0 Å². The zero-order valence-electron chi connectivity index (χ0n) is 13.0. The van der Waals surface area contributed by atoms with E-state index in [0.29, 0.717) is 6.10 Å². The molecule has 3 nitrogen and oxygen atoms in total. The molecule has 0 saturated carbocycles. The molecular weight excluding hydrogens is 330 g/mol. The lowest BCUT2D eigenvalue weighted by atomic mass is 10.2. The average Bonchev–Trinajstić information content (AvgIpc) is 3.16. The molecule has 2 aliphatic rings. The number of hydrogen-bond acceptors (Lipinski definition) is 4. The van der Waals surface area contributed by atoms with Crippen LogP contribution in [0.2, 0.25) is 5.02 Å². The third-order valence-electron chi connectivity index (χ3n) is 4.39. The fourth-order valence-corrected chi connectivity index (χ4v) is 4.56. The SMILES string of the molecule is Clc1ccc2c(c1)CN(Cc1ccc([C@H]3CCCO3)s1)CCO2. The highest BCUT2D eigenvalue weighted by Gasteiger charge is 2.21. The molecule has 0 radical (unpaired) electrons. The number of rotatable bonds is 3. The normalized spacial score (nSPS) is 21.7. The fraction of sp³-hybridized carbons (Fsp3) is 0.444. The first kappa shape index (κ1) is 15.5. The highest BCUT2D eigenvalue weighted by Crippen LogP contribution is 2.34. The van der Waals surface area contributed by atoms with E-state index in [-0.39, 0.29) is 0 Å². The van der Waals surface area contributed by atoms with Crippen molar-refractivity contribution < 1.29 is 9.47 Å². The van der Waals surface area contributed by atoms with Gasteiger partial charge in [0.25, 0.3) is 0 Å². The summed E-state index contributed by atoms with van der Waals surface area (Å²) < 4.78 is 11.6. The Morgan fingerprint density at radius 1 is 1.22 bits per heavy atom. The van der Waals surface area contributed by atoms with Gasteiger partial charge in [-0.3, -0.25) is 4.90 Å². The smallest absolute Gasteiger partial charge is 0.123 e. The first-order chi connectivity index (χ1) is 11.3. The fourth-order valence-electron chi connectivity index (χ4n) is 3.23. The summed E-state index contributed by atoms with van der Waals surface area (Å²) in [6.07, 6.45) is 2.66. The van der Waals surface area contributed by atoms with Crippen molar-refractivity contribution in [2.24, 2.45) is 0 Å². The monoisotopic (exact) mass is 349 g/mol. The molecule has 1 aromatic heterocycles. The van der Waals surface area contributed by atoms with Crippen molar-refractivity contribution in [1.82, 2.24) is 4.90 Å². The molecule has 2 aliphatic heterocycles. The Labute approximate surface area is 145 Å². The second kappa shape index (κ2) is 6.81. The van der Waals surface area contributed by atoms with E-state index in [1.165, 1.54) is 21.7 Å². The molecule has 0 spiro atoms. The van der Waals surface area contributed by atoms with Crippen molar-refractivity contribution in [3.8, 4) is 5.75 Å². The van der Waals surface area contributed by atoms with Crippen LogP contribution in [0.4, 0.5) is 0 Å². The minimum absolute atomic E-state index is 0.320. The van der Waals surface area contributed by atoms with Gasteiger partial charge in [-0.2, -0.15) is 0 Å². The summed E-state index contributed by atoms with van der Waals surface area (Å²) in [6.45, 7) is 4.38. The Kier molecular flexibility index (Phi) is 4.58. The molecule has 0 N–H and O–H groups in total. The third-order valence-corrected chi connectivity index (χ3v) is 5.79. The molecule has 1 fully saturated rings. The van der Waals surface area contributed by atoms with Crippen LogP contribution in [-0.4, -0.2) is 24.7 Å². The third kappa shape index (κ3) is 3.56. The van der Waals surface area contributed by atoms with Crippen LogP contribution in [-0.2, 0) is 17.8 Å². The van der Waals surface area contributed by atoms with Crippen LogP contribution < -0.4 is 4.74 Å². The molecule has 0 bridgehead atoms. The molecule has 3 heterocycles. The quantitative estimate of drug-likeness (QED) is 0.805. The van der Waals surface area contributed by atoms with Crippen LogP contribution in [0.25, 0.3) is 0 Å². The standard InChI is InChI=1S/C18H20ClNO2S/c19-14-3-5-16-13(10-14)11-20(7-9-22-16)12-15-4-6-18(23-15)17-2-1-8-21-17/h3-6,10,17H,1-2,7-9,11-12H2/t17-/m1/s1. The maximum atomic E-state index is 6.13. The van der Waals surface area contributed by atoms with E-state index in [4.69, 9.17) is 21.1 Å². The Balaban J connectivity index is 1.46. The van der Waals surface area contributed by atoms with E-state index in [2.05, 4.69) is 17.0 Å². The van der Waals surface area contributed by atoms with Gasteiger partial charge in [0, 0.05) is 46.6 Å². The zero-order chi connectivity index (χ0) is 15.6. The summed E-state index contributed by atoms with van der Waals surface area (Å²) in [4.78, 5) is 5.18. The lowest BCUT2D eigenvalue weighted by Gasteiger charge is -2.18. The Morgan fingerprint density at radius 3 is 3.04 bits per heavy atom. The van der Waals surface area contributed by atoms with Gasteiger partial charge in [0.15, 0.2) is 0 Å². The second-order valence-electron chi connectivity index (χ2n) is 6.12. The number of thiophene rings is 1. The molecule has 4 rings (SSSR count). The summed E-state index contributed by atoms with van der Waals surface area (Å²) in [6, 6.07) is 10.4. The van der Waals surface area contributed by atoms with Crippen LogP contribution in [0.15, 0.2) is 30.3 Å². The first-order valence-corrected chi connectivity index (χ1v) is 9.31. The Bertz CT molecular complexity index is 681. The number of ether oxygens (including phenoxy) is 2. The first-order valence-electron chi connectivity index (χ1n) is 8.12. The van der Waals surface area contributed by atoms with Crippen LogP contribution >= 0.6 is 22.9 Å². The van der Waals surface area contributed by atoms with E-state index in [0.717, 1.165) is 50.0 Å². The largest absolute Gasteiger partial charge is 0.492 e. The average molecular weight is 350 g/mol. The van der Waals surface area contributed by atoms with Crippen molar-refractivity contribution in [1.29, 1.82) is 0 Å². The zero-order valence-corrected chi connectivity index (χ0v) is 14.5. The Hall–Kier alpha value is -1.07. The van der Waals surface area contributed by atoms with Crippen molar-refractivity contribution in [3.63, 3.8) is 0 Å². The summed E-state index contributed by atoms with van der Waals surface area (Å²) in [5, 5.41) is 0.769. The summed E-state index contributed by atoms with van der Waals surface area (Å²) in [7, 11) is 0. The summed E-state index contributed by atoms with van der Waals surface area (Å²) >= 11 is 8.01. The lowest BCUT2D eigenvalue weighted by molar-refractivity contribution is 0.114. The topological polar surface area (TPSA) is 21.7 Å². The van der Waals surface area contributed by atoms with Crippen LogP contribution in [0, 0.1) is 0 Å². The van der Waals surface area contributed by atoms with Crippen LogP contribution in [0.3, 0.4) is 0 Å². The van der Waals surface area contributed by atoms with Gasteiger partial charge < -0.3 is 9.47 Å². The van der Waals surface area contributed by atoms with Gasteiger partial charge in [0.05, 0.1) is 6.10 Å². The van der Waals surface area contributed by atoms with Gasteiger partial charge in [-0.15, -0.1) is 11.3 Å². The van der Waals surface area contributed by atoms with E-state index in [1.807, 2.05) is 29.5 Å². The molecule has 0 unspecified atom stereocenters. The Morgan fingerprint density at radius 2 is 2.17 bits per heavy atom. The van der Waals surface area contributed by atoms with Crippen LogP contribution in [0.5, 0.6) is 5.75 Å². The minimum Gasteiger partial charge on any atom is -0.492 e. The molecule has 1 aromatic carbocycles. The molecule has 1 atom stereocenters. The maximum absolute atomic E-state index is 6.13. The predicted molar refractivity (Wildman–Crippen MR) is 93.3 cm³/mol. The highest BCUT2D eigenvalue weighted by atomic mass is 35.5. The molecule has 0 amide bonds. The summed E-state index contributed by atoms with van der Waals surface area (Å²) in [5.41, 5.74) is 1.17. The lowest BCUT2D eigenvalue weighted by Crippen LogP contribution is -2.24. The molecule has 0 aliphatic carbocycles. The van der Waals surface area contributed by atoms with E-state index >= 15 is 0 Å². The van der Waals surface area contributed by atoms with Crippen molar-refractivity contribution in [2.45, 2.75) is 32.0 Å². The number of halogens is 1. The second-order valence-corrected chi connectivity index (χ2v) is 7.75. The van der Waals surface area contributed by atoms with E-state index < -0.39 is 0 Å². The van der Waals surface area contributed by atoms with Gasteiger partial charge in [0.1, 0.15) is 12.4 Å². The molecule has 5 heteroatoms. The van der Waals surface area contributed by atoms with Crippen molar-refractivity contribution in [2.75, 3.05) is 19.8 Å². The van der Waals surface area contributed by atoms with E-state index in [1.54, 1.807) is 0 Å². The minimum atomic E-state index is 0.320. The van der Waals surface area contributed by atoms with Gasteiger partial charge in [-0.1, -0.05) is 11.6 Å². The van der Waals surface area contributed by atoms with Gasteiger partial charge in [-0.25, -0.2) is 0 Å². The molecule has 1 saturated heterocycles. The number of nitrogens with zero attached hydrogens (tertiary/aromatic N) is 1. The summed E-state index contributed by atoms with van der Waals surface area (Å²) in [5.74, 6) is 0.961. The number of hydrogen-bond donors (Lipinski definition) is 0. The van der Waals surface area contributed by atoms with E-state index in [9.17, 15) is 0 Å². The number of fused-ring (bicyclic) bond motifs is 1. The molecule has 23 heavy (non-hydrogen) atoms. The molecule has 2 aromatic rings. The predicted octanol–water partition coefficient (Wildman–Crippen LogP) is 4.65. The molecule has 122 valence electrons. The number of benzene rings is 1. The van der Waals surface area contributed by atoms with Gasteiger partial charge in [-0.05, 0) is 43.2 Å². The van der Waals surface area contributed by atoms with Crippen molar-refractivity contribution in [3.05, 3.63) is 50.7 Å².